The molecule has 1 amide bonds. The Bertz CT molecular complexity index is 560. The molecule has 0 spiro atoms. The molecule has 1 heterocycles. The molecule has 1 atom stereocenters. The van der Waals surface area contributed by atoms with Crippen molar-refractivity contribution in [3.05, 3.63) is 18.5 Å². The van der Waals surface area contributed by atoms with Crippen LogP contribution in [0.2, 0.25) is 0 Å². The van der Waals surface area contributed by atoms with Gasteiger partial charge in [0.1, 0.15) is 4.90 Å². The van der Waals surface area contributed by atoms with Gasteiger partial charge in [-0.1, -0.05) is 0 Å². The van der Waals surface area contributed by atoms with Crippen LogP contribution in [-0.2, 0) is 14.8 Å². The van der Waals surface area contributed by atoms with E-state index in [1.54, 1.807) is 13.0 Å². The lowest BCUT2D eigenvalue weighted by Gasteiger charge is -2.15. The molecule has 0 aromatic carbocycles. The van der Waals surface area contributed by atoms with E-state index in [0.717, 1.165) is 0 Å². The lowest BCUT2D eigenvalue weighted by molar-refractivity contribution is -0.122. The SMILES string of the molecule is CCNC(=O)C(C)NS(=O)(=O)c1cnccc1NCC. The first kappa shape index (κ1) is 16.4. The van der Waals surface area contributed by atoms with Gasteiger partial charge in [0.2, 0.25) is 15.9 Å². The molecule has 1 aromatic heterocycles. The fourth-order valence-electron chi connectivity index (χ4n) is 1.61. The molecule has 7 nitrogen and oxygen atoms in total. The lowest BCUT2D eigenvalue weighted by atomic mass is 10.3. The summed E-state index contributed by atoms with van der Waals surface area (Å²) in [5.74, 6) is -0.370. The summed E-state index contributed by atoms with van der Waals surface area (Å²) < 4.78 is 26.9. The van der Waals surface area contributed by atoms with E-state index in [0.29, 0.717) is 18.8 Å². The van der Waals surface area contributed by atoms with Gasteiger partial charge in [0.25, 0.3) is 0 Å². The maximum absolute atomic E-state index is 12.3. The summed E-state index contributed by atoms with van der Waals surface area (Å²) in [6, 6.07) is 0.726. The molecule has 1 rings (SSSR count). The average molecular weight is 300 g/mol. The van der Waals surface area contributed by atoms with Crippen LogP contribution >= 0.6 is 0 Å². The van der Waals surface area contributed by atoms with Gasteiger partial charge in [-0.3, -0.25) is 9.78 Å². The van der Waals surface area contributed by atoms with Gasteiger partial charge in [-0.15, -0.1) is 0 Å². The fraction of sp³-hybridized carbons (Fsp3) is 0.500. The smallest absolute Gasteiger partial charge is 0.244 e. The molecule has 1 unspecified atom stereocenters. The van der Waals surface area contributed by atoms with Crippen molar-refractivity contribution < 1.29 is 13.2 Å². The molecule has 3 N–H and O–H groups in total. The number of pyridine rings is 1. The van der Waals surface area contributed by atoms with Crippen LogP contribution in [0.3, 0.4) is 0 Å². The standard InChI is InChI=1S/C12H20N4O3S/c1-4-14-10-6-7-13-8-11(10)20(18,19)16-9(3)12(17)15-5-2/h6-9,16H,4-5H2,1-3H3,(H,13,14)(H,15,17). The van der Waals surface area contributed by atoms with Crippen molar-refractivity contribution in [3.8, 4) is 0 Å². The zero-order valence-electron chi connectivity index (χ0n) is 11.8. The number of nitrogens with zero attached hydrogens (tertiary/aromatic N) is 1. The third kappa shape index (κ3) is 4.17. The summed E-state index contributed by atoms with van der Waals surface area (Å²) in [5.41, 5.74) is 0.457. The van der Waals surface area contributed by atoms with Crippen LogP contribution in [-0.4, -0.2) is 38.4 Å². The number of sulfonamides is 1. The number of nitrogens with one attached hydrogen (secondary N) is 3. The summed E-state index contributed by atoms with van der Waals surface area (Å²) >= 11 is 0. The van der Waals surface area contributed by atoms with Crippen molar-refractivity contribution >= 4 is 21.6 Å². The Balaban J connectivity index is 2.97. The van der Waals surface area contributed by atoms with Crippen LogP contribution < -0.4 is 15.4 Å². The molecule has 0 radical (unpaired) electrons. The van der Waals surface area contributed by atoms with Crippen LogP contribution in [0.25, 0.3) is 0 Å². The molecule has 20 heavy (non-hydrogen) atoms. The second-order valence-electron chi connectivity index (χ2n) is 4.14. The number of amides is 1. The second-order valence-corrected chi connectivity index (χ2v) is 5.82. The predicted octanol–water partition coefficient (Wildman–Crippen LogP) is 0.316. The molecule has 112 valence electrons. The zero-order valence-corrected chi connectivity index (χ0v) is 12.6. The highest BCUT2D eigenvalue weighted by Gasteiger charge is 2.24. The normalized spacial score (nSPS) is 12.8. The first-order valence-corrected chi connectivity index (χ1v) is 7.88. The van der Waals surface area contributed by atoms with Crippen LogP contribution in [0.1, 0.15) is 20.8 Å². The minimum atomic E-state index is -3.81. The molecule has 0 saturated heterocycles. The van der Waals surface area contributed by atoms with Gasteiger partial charge >= 0.3 is 0 Å². The van der Waals surface area contributed by atoms with Crippen molar-refractivity contribution in [2.24, 2.45) is 0 Å². The fourth-order valence-corrected chi connectivity index (χ4v) is 2.94. The van der Waals surface area contributed by atoms with Crippen LogP contribution in [0.5, 0.6) is 0 Å². The molecular formula is C12H20N4O3S. The van der Waals surface area contributed by atoms with Gasteiger partial charge in [0.05, 0.1) is 11.7 Å². The number of carbonyl (C=O) groups excluding carboxylic acids is 1. The van der Waals surface area contributed by atoms with E-state index in [2.05, 4.69) is 20.3 Å². The largest absolute Gasteiger partial charge is 0.384 e. The molecule has 0 fully saturated rings. The minimum Gasteiger partial charge on any atom is -0.384 e. The predicted molar refractivity (Wildman–Crippen MR) is 76.9 cm³/mol. The van der Waals surface area contributed by atoms with E-state index in [1.165, 1.54) is 19.3 Å². The highest BCUT2D eigenvalue weighted by Crippen LogP contribution is 2.19. The van der Waals surface area contributed by atoms with E-state index >= 15 is 0 Å². The average Bonchev–Trinajstić information content (AvgIpc) is 2.39. The third-order valence-corrected chi connectivity index (χ3v) is 4.09. The number of likely N-dealkylation sites (N-methyl/N-ethyl adjacent to an activating group) is 1. The van der Waals surface area contributed by atoms with E-state index in [4.69, 9.17) is 0 Å². The summed E-state index contributed by atoms with van der Waals surface area (Å²) in [7, 11) is -3.81. The van der Waals surface area contributed by atoms with Gasteiger partial charge in [0, 0.05) is 25.5 Å². The highest BCUT2D eigenvalue weighted by molar-refractivity contribution is 7.89. The monoisotopic (exact) mass is 300 g/mol. The summed E-state index contributed by atoms with van der Waals surface area (Å²) in [6.45, 7) is 6.15. The molecule has 0 aliphatic carbocycles. The quantitative estimate of drug-likeness (QED) is 0.673. The highest BCUT2D eigenvalue weighted by atomic mass is 32.2. The zero-order chi connectivity index (χ0) is 15.2. The second kappa shape index (κ2) is 7.20. The Morgan fingerprint density at radius 2 is 2.05 bits per heavy atom. The van der Waals surface area contributed by atoms with Gasteiger partial charge in [-0.2, -0.15) is 4.72 Å². The van der Waals surface area contributed by atoms with Crippen molar-refractivity contribution in [3.63, 3.8) is 0 Å². The van der Waals surface area contributed by atoms with Crippen molar-refractivity contribution in [2.45, 2.75) is 31.7 Å². The van der Waals surface area contributed by atoms with Crippen molar-refractivity contribution in [1.82, 2.24) is 15.0 Å². The Morgan fingerprint density at radius 1 is 1.35 bits per heavy atom. The summed E-state index contributed by atoms with van der Waals surface area (Å²) in [6.07, 6.45) is 2.76. The summed E-state index contributed by atoms with van der Waals surface area (Å²) in [4.78, 5) is 15.4. The van der Waals surface area contributed by atoms with Crippen LogP contribution in [0, 0.1) is 0 Å². The number of aromatic nitrogens is 1. The third-order valence-electron chi connectivity index (χ3n) is 2.52. The Labute approximate surface area is 119 Å². The van der Waals surface area contributed by atoms with Gasteiger partial charge < -0.3 is 10.6 Å². The van der Waals surface area contributed by atoms with E-state index in [9.17, 15) is 13.2 Å². The maximum atomic E-state index is 12.3. The molecule has 0 bridgehead atoms. The first-order chi connectivity index (χ1) is 9.42. The summed E-state index contributed by atoms with van der Waals surface area (Å²) in [5, 5.41) is 5.51. The molecule has 0 aliphatic rings. The number of anilines is 1. The number of hydrogen-bond acceptors (Lipinski definition) is 5. The molecular weight excluding hydrogens is 280 g/mol. The molecule has 0 saturated carbocycles. The molecule has 0 aliphatic heterocycles. The van der Waals surface area contributed by atoms with E-state index in [1.807, 2.05) is 6.92 Å². The lowest BCUT2D eigenvalue weighted by Crippen LogP contribution is -2.44. The van der Waals surface area contributed by atoms with Crippen molar-refractivity contribution in [1.29, 1.82) is 0 Å². The van der Waals surface area contributed by atoms with Gasteiger partial charge in [0.15, 0.2) is 0 Å². The van der Waals surface area contributed by atoms with E-state index in [-0.39, 0.29) is 10.8 Å². The van der Waals surface area contributed by atoms with Crippen LogP contribution in [0.4, 0.5) is 5.69 Å². The Hall–Kier alpha value is -1.67. The van der Waals surface area contributed by atoms with Gasteiger partial charge in [-0.05, 0) is 26.8 Å². The molecule has 8 heteroatoms. The minimum absolute atomic E-state index is 0.0259. The number of carbonyl (C=O) groups is 1. The van der Waals surface area contributed by atoms with Gasteiger partial charge in [-0.25, -0.2) is 8.42 Å². The Morgan fingerprint density at radius 3 is 2.65 bits per heavy atom. The Kier molecular flexibility index (Phi) is 5.90. The number of hydrogen-bond donors (Lipinski definition) is 3. The van der Waals surface area contributed by atoms with E-state index < -0.39 is 16.1 Å². The first-order valence-electron chi connectivity index (χ1n) is 6.40. The number of rotatable bonds is 7. The molecule has 1 aromatic rings. The maximum Gasteiger partial charge on any atom is 0.244 e. The topological polar surface area (TPSA) is 100 Å². The van der Waals surface area contributed by atoms with Crippen molar-refractivity contribution in [2.75, 3.05) is 18.4 Å². The van der Waals surface area contributed by atoms with Crippen LogP contribution in [0.15, 0.2) is 23.4 Å².